The first-order chi connectivity index (χ1) is 12.2. The Morgan fingerprint density at radius 2 is 2.00 bits per heavy atom. The molecule has 0 bridgehead atoms. The van der Waals surface area contributed by atoms with Crippen molar-refractivity contribution in [2.24, 2.45) is 10.9 Å². The topological polar surface area (TPSA) is 48.9 Å². The average molecular weight is 472 g/mol. The fraction of sp³-hybridized carbons (Fsp3) is 0.550. The summed E-state index contributed by atoms with van der Waals surface area (Å²) >= 11 is 0. The summed E-state index contributed by atoms with van der Waals surface area (Å²) in [4.78, 5) is 6.64. The molecule has 1 heterocycles. The summed E-state index contributed by atoms with van der Waals surface area (Å²) in [5, 5.41) is 6.71. The Labute approximate surface area is 175 Å². The van der Waals surface area contributed by atoms with E-state index in [1.807, 2.05) is 0 Å². The maximum absolute atomic E-state index is 5.59. The molecule has 0 aromatic heterocycles. The third-order valence-corrected chi connectivity index (χ3v) is 3.99. The maximum Gasteiger partial charge on any atom is 0.191 e. The first-order valence-electron chi connectivity index (χ1n) is 9.20. The van der Waals surface area contributed by atoms with E-state index in [9.17, 15) is 0 Å². The van der Waals surface area contributed by atoms with Crippen LogP contribution in [0.4, 0.5) is 5.69 Å². The van der Waals surface area contributed by atoms with E-state index in [0.717, 1.165) is 51.8 Å². The average Bonchev–Trinajstić information content (AvgIpc) is 3.15. The second kappa shape index (κ2) is 13.0. The molecule has 26 heavy (non-hydrogen) atoms. The van der Waals surface area contributed by atoms with Gasteiger partial charge in [0.25, 0.3) is 0 Å². The largest absolute Gasteiger partial charge is 0.381 e. The van der Waals surface area contributed by atoms with Crippen LogP contribution in [0.15, 0.2) is 41.4 Å². The van der Waals surface area contributed by atoms with E-state index >= 15 is 0 Å². The highest BCUT2D eigenvalue weighted by Crippen LogP contribution is 2.18. The normalized spacial score (nSPS) is 13.8. The smallest absolute Gasteiger partial charge is 0.191 e. The van der Waals surface area contributed by atoms with E-state index in [0.29, 0.717) is 5.92 Å². The molecular formula is C20H33IN4O. The molecule has 0 unspecified atom stereocenters. The number of ether oxygens (including phenoxy) is 1. The second-order valence-corrected chi connectivity index (χ2v) is 6.72. The summed E-state index contributed by atoms with van der Waals surface area (Å²) in [6, 6.07) is 8.67. The van der Waals surface area contributed by atoms with Crippen molar-refractivity contribution in [2.45, 2.75) is 26.8 Å². The number of nitrogens with one attached hydrogen (secondary N) is 2. The Hall–Kier alpha value is -1.28. The summed E-state index contributed by atoms with van der Waals surface area (Å²) in [6.07, 6.45) is 5.40. The summed E-state index contributed by atoms with van der Waals surface area (Å²) in [5.41, 5.74) is 2.53. The van der Waals surface area contributed by atoms with Gasteiger partial charge in [0, 0.05) is 52.1 Å². The molecule has 2 rings (SSSR count). The molecule has 2 N–H and O–H groups in total. The van der Waals surface area contributed by atoms with Gasteiger partial charge in [-0.15, -0.1) is 24.0 Å². The number of aliphatic imine (C=N–C) groups is 1. The molecule has 0 fully saturated rings. The first-order valence-corrected chi connectivity index (χ1v) is 9.20. The summed E-state index contributed by atoms with van der Waals surface area (Å²) in [5.74, 6) is 1.42. The monoisotopic (exact) mass is 472 g/mol. The van der Waals surface area contributed by atoms with Crippen LogP contribution in [-0.4, -0.2) is 45.9 Å². The van der Waals surface area contributed by atoms with E-state index < -0.39 is 0 Å². The number of benzene rings is 1. The van der Waals surface area contributed by atoms with Crippen LogP contribution in [0.2, 0.25) is 0 Å². The summed E-state index contributed by atoms with van der Waals surface area (Å²) in [7, 11) is 1.80. The van der Waals surface area contributed by atoms with Crippen LogP contribution in [-0.2, 0) is 11.3 Å². The van der Waals surface area contributed by atoms with Gasteiger partial charge in [0.15, 0.2) is 5.96 Å². The fourth-order valence-electron chi connectivity index (χ4n) is 2.66. The van der Waals surface area contributed by atoms with Crippen LogP contribution in [0.5, 0.6) is 0 Å². The molecule has 0 saturated carbocycles. The number of guanidine groups is 1. The van der Waals surface area contributed by atoms with Crippen molar-refractivity contribution in [1.29, 1.82) is 0 Å². The molecule has 0 aliphatic carbocycles. The minimum atomic E-state index is 0. The third-order valence-electron chi connectivity index (χ3n) is 3.99. The molecule has 1 aromatic rings. The van der Waals surface area contributed by atoms with E-state index in [2.05, 4.69) is 70.8 Å². The lowest BCUT2D eigenvalue weighted by molar-refractivity contribution is 0.108. The van der Waals surface area contributed by atoms with Crippen molar-refractivity contribution >= 4 is 35.6 Å². The molecular weight excluding hydrogens is 439 g/mol. The van der Waals surface area contributed by atoms with Gasteiger partial charge in [0.1, 0.15) is 0 Å². The number of anilines is 1. The highest BCUT2D eigenvalue weighted by atomic mass is 127. The Morgan fingerprint density at radius 3 is 2.69 bits per heavy atom. The van der Waals surface area contributed by atoms with Crippen molar-refractivity contribution in [3.05, 3.63) is 42.0 Å². The van der Waals surface area contributed by atoms with E-state index in [1.165, 1.54) is 11.3 Å². The Balaban J connectivity index is 0.00000338. The van der Waals surface area contributed by atoms with Gasteiger partial charge in [-0.2, -0.15) is 0 Å². The Bertz CT molecular complexity index is 567. The van der Waals surface area contributed by atoms with Gasteiger partial charge in [-0.05, 0) is 30.0 Å². The molecule has 0 atom stereocenters. The summed E-state index contributed by atoms with van der Waals surface area (Å²) in [6.45, 7) is 9.57. The zero-order valence-corrected chi connectivity index (χ0v) is 18.5. The molecule has 1 aliphatic heterocycles. The lowest BCUT2D eigenvalue weighted by Crippen LogP contribution is -2.37. The standard InChI is InChI=1S/C20H32N4O.HI/c1-17(2)16-25-13-7-10-22-20(21-3)23-15-18-8-6-9-19(14-18)24-11-4-5-12-24;/h4-6,8-9,14,17H,7,10-13,15-16H2,1-3H3,(H2,21,22,23);1H. The number of halogens is 1. The molecule has 1 aromatic carbocycles. The third kappa shape index (κ3) is 8.40. The van der Waals surface area contributed by atoms with Gasteiger partial charge in [-0.1, -0.05) is 38.1 Å². The van der Waals surface area contributed by atoms with Crippen molar-refractivity contribution in [3.63, 3.8) is 0 Å². The Morgan fingerprint density at radius 1 is 1.23 bits per heavy atom. The molecule has 1 aliphatic rings. The molecule has 0 amide bonds. The van der Waals surface area contributed by atoms with Crippen LogP contribution in [0.3, 0.4) is 0 Å². The molecule has 0 spiro atoms. The number of hydrogen-bond donors (Lipinski definition) is 2. The van der Waals surface area contributed by atoms with Gasteiger partial charge in [0.05, 0.1) is 0 Å². The molecule has 6 heteroatoms. The van der Waals surface area contributed by atoms with E-state index in [4.69, 9.17) is 4.74 Å². The predicted molar refractivity (Wildman–Crippen MR) is 122 cm³/mol. The number of hydrogen-bond acceptors (Lipinski definition) is 3. The van der Waals surface area contributed by atoms with Gasteiger partial charge in [-0.3, -0.25) is 4.99 Å². The second-order valence-electron chi connectivity index (χ2n) is 6.72. The summed E-state index contributed by atoms with van der Waals surface area (Å²) < 4.78 is 5.59. The molecule has 0 saturated heterocycles. The number of nitrogens with zero attached hydrogens (tertiary/aromatic N) is 2. The Kier molecular flexibility index (Phi) is 11.4. The van der Waals surface area contributed by atoms with Crippen LogP contribution in [0, 0.1) is 5.92 Å². The lowest BCUT2D eigenvalue weighted by atomic mass is 10.2. The van der Waals surface area contributed by atoms with Crippen molar-refractivity contribution < 1.29 is 4.74 Å². The zero-order valence-electron chi connectivity index (χ0n) is 16.2. The molecule has 5 nitrogen and oxygen atoms in total. The maximum atomic E-state index is 5.59. The van der Waals surface area contributed by atoms with E-state index in [1.54, 1.807) is 7.05 Å². The predicted octanol–water partition coefficient (Wildman–Crippen LogP) is 3.41. The lowest BCUT2D eigenvalue weighted by Gasteiger charge is -2.19. The van der Waals surface area contributed by atoms with Crippen LogP contribution < -0.4 is 15.5 Å². The number of rotatable bonds is 9. The van der Waals surface area contributed by atoms with Crippen molar-refractivity contribution in [1.82, 2.24) is 10.6 Å². The van der Waals surface area contributed by atoms with Gasteiger partial charge in [0.2, 0.25) is 0 Å². The molecule has 0 radical (unpaired) electrons. The quantitative estimate of drug-likeness (QED) is 0.190. The fourth-order valence-corrected chi connectivity index (χ4v) is 2.66. The van der Waals surface area contributed by atoms with Crippen LogP contribution in [0.1, 0.15) is 25.8 Å². The minimum absolute atomic E-state index is 0. The first kappa shape index (κ1) is 22.8. The van der Waals surface area contributed by atoms with Crippen molar-refractivity contribution in [2.75, 3.05) is 44.8 Å². The SMILES string of the molecule is CN=C(NCCCOCC(C)C)NCc1cccc(N2CC=CC2)c1.I. The highest BCUT2D eigenvalue weighted by Gasteiger charge is 2.08. The highest BCUT2D eigenvalue weighted by molar-refractivity contribution is 14.0. The van der Waals surface area contributed by atoms with Gasteiger partial charge >= 0.3 is 0 Å². The van der Waals surface area contributed by atoms with Crippen LogP contribution in [0.25, 0.3) is 0 Å². The van der Waals surface area contributed by atoms with Gasteiger partial charge in [-0.25, -0.2) is 0 Å². The zero-order chi connectivity index (χ0) is 17.9. The van der Waals surface area contributed by atoms with Crippen molar-refractivity contribution in [3.8, 4) is 0 Å². The van der Waals surface area contributed by atoms with E-state index in [-0.39, 0.29) is 24.0 Å². The van der Waals surface area contributed by atoms with Crippen LogP contribution >= 0.6 is 24.0 Å². The van der Waals surface area contributed by atoms with Gasteiger partial charge < -0.3 is 20.3 Å². The minimum Gasteiger partial charge on any atom is -0.381 e. The molecule has 146 valence electrons.